The number of nitrogens with zero attached hydrogens (tertiary/aromatic N) is 1. The summed E-state index contributed by atoms with van der Waals surface area (Å²) in [6, 6.07) is 31.7. The quantitative estimate of drug-likeness (QED) is 0.296. The molecule has 1 aromatic heterocycles. The maximum atomic E-state index is 6.08. The third-order valence-electron chi connectivity index (χ3n) is 6.21. The van der Waals surface area contributed by atoms with Crippen molar-refractivity contribution in [1.29, 1.82) is 0 Å². The first-order valence-electron chi connectivity index (χ1n) is 11.2. The fourth-order valence-corrected chi connectivity index (χ4v) is 4.27. The van der Waals surface area contributed by atoms with Crippen LogP contribution < -0.4 is 5.32 Å². The number of hydrogen-bond acceptors (Lipinski definition) is 3. The van der Waals surface area contributed by atoms with Crippen molar-refractivity contribution < 1.29 is 4.42 Å². The predicted octanol–water partition coefficient (Wildman–Crippen LogP) is 6.99. The van der Waals surface area contributed by atoms with Gasteiger partial charge in [0, 0.05) is 0 Å². The van der Waals surface area contributed by atoms with Crippen LogP contribution in [0.1, 0.15) is 54.7 Å². The van der Waals surface area contributed by atoms with Gasteiger partial charge in [-0.05, 0) is 28.7 Å². The maximum absolute atomic E-state index is 6.08. The van der Waals surface area contributed by atoms with E-state index in [2.05, 4.69) is 122 Å². The Morgan fingerprint density at radius 3 is 1.72 bits per heavy atom. The molecule has 0 aliphatic heterocycles. The van der Waals surface area contributed by atoms with Crippen molar-refractivity contribution in [3.8, 4) is 0 Å². The highest BCUT2D eigenvalue weighted by molar-refractivity contribution is 5.49. The molecule has 0 spiro atoms. The Bertz CT molecular complexity index is 1020. The van der Waals surface area contributed by atoms with Gasteiger partial charge < -0.3 is 4.42 Å². The molecule has 32 heavy (non-hydrogen) atoms. The molecule has 4 rings (SSSR count). The molecular weight excluding hydrogens is 392 g/mol. The van der Waals surface area contributed by atoms with Crippen molar-refractivity contribution >= 4 is 6.08 Å². The van der Waals surface area contributed by atoms with Gasteiger partial charge in [0.05, 0.1) is 17.8 Å². The van der Waals surface area contributed by atoms with Gasteiger partial charge in [-0.15, -0.1) is 0 Å². The third kappa shape index (κ3) is 4.17. The van der Waals surface area contributed by atoms with E-state index in [1.807, 2.05) is 0 Å². The van der Waals surface area contributed by atoms with Gasteiger partial charge in [0.1, 0.15) is 5.76 Å². The van der Waals surface area contributed by atoms with Crippen LogP contribution in [0.2, 0.25) is 0 Å². The minimum absolute atomic E-state index is 0.102. The second kappa shape index (κ2) is 9.80. The Kier molecular flexibility index (Phi) is 6.67. The number of aromatic nitrogens is 1. The van der Waals surface area contributed by atoms with Gasteiger partial charge >= 0.3 is 0 Å². The first kappa shape index (κ1) is 21.8. The van der Waals surface area contributed by atoms with Crippen LogP contribution in [-0.2, 0) is 5.54 Å². The van der Waals surface area contributed by atoms with E-state index in [4.69, 9.17) is 4.42 Å². The van der Waals surface area contributed by atoms with Crippen molar-refractivity contribution in [2.45, 2.75) is 31.8 Å². The van der Waals surface area contributed by atoms with Crippen LogP contribution in [-0.4, -0.2) is 4.98 Å². The Morgan fingerprint density at radius 1 is 0.875 bits per heavy atom. The molecule has 1 N–H and O–H groups in total. The molecule has 4 aromatic rings. The van der Waals surface area contributed by atoms with Crippen molar-refractivity contribution in [1.82, 2.24) is 10.3 Å². The summed E-state index contributed by atoms with van der Waals surface area (Å²) >= 11 is 0. The lowest BCUT2D eigenvalue weighted by molar-refractivity contribution is 0.262. The molecule has 3 aromatic carbocycles. The van der Waals surface area contributed by atoms with Crippen LogP contribution in [0.4, 0.5) is 0 Å². The summed E-state index contributed by atoms with van der Waals surface area (Å²) in [7, 11) is 0. The fourth-order valence-electron chi connectivity index (χ4n) is 4.27. The van der Waals surface area contributed by atoms with Gasteiger partial charge in [-0.25, -0.2) is 4.98 Å². The second-order valence-electron chi connectivity index (χ2n) is 8.16. The van der Waals surface area contributed by atoms with Gasteiger partial charge in [-0.3, -0.25) is 5.32 Å². The lowest BCUT2D eigenvalue weighted by Gasteiger charge is -2.41. The molecule has 0 radical (unpaired) electrons. The van der Waals surface area contributed by atoms with Gasteiger partial charge in [-0.2, -0.15) is 0 Å². The van der Waals surface area contributed by atoms with Gasteiger partial charge in [0.2, 0.25) is 5.89 Å². The molecule has 2 atom stereocenters. The molecule has 0 saturated heterocycles. The van der Waals surface area contributed by atoms with Crippen LogP contribution in [0.15, 0.2) is 108 Å². The summed E-state index contributed by atoms with van der Waals surface area (Å²) in [5.41, 5.74) is 2.92. The lowest BCUT2D eigenvalue weighted by Crippen LogP contribution is -2.48. The van der Waals surface area contributed by atoms with Crippen molar-refractivity contribution in [3.63, 3.8) is 0 Å². The van der Waals surface area contributed by atoms with E-state index in [9.17, 15) is 0 Å². The minimum Gasteiger partial charge on any atom is -0.440 e. The minimum atomic E-state index is -0.583. The Morgan fingerprint density at radius 2 is 1.34 bits per heavy atom. The molecule has 0 amide bonds. The van der Waals surface area contributed by atoms with E-state index in [0.717, 1.165) is 6.42 Å². The van der Waals surface area contributed by atoms with Crippen molar-refractivity contribution in [3.05, 3.63) is 132 Å². The monoisotopic (exact) mass is 422 g/mol. The third-order valence-corrected chi connectivity index (χ3v) is 6.21. The standard InChI is InChI=1S/C29H30N2O/c1-4-22(3)27(28-30-21-26(5-2)32-28)31-29(23-15-9-6-10-16-23,24-17-11-7-12-18-24)25-19-13-8-14-20-25/h5-22,27,31H,2,4H2,1,3H3/t22-,27-/m1/s1. The Hall–Kier alpha value is -3.43. The average molecular weight is 423 g/mol. The highest BCUT2D eigenvalue weighted by atomic mass is 16.4. The summed E-state index contributed by atoms with van der Waals surface area (Å²) in [5, 5.41) is 4.03. The molecule has 0 fully saturated rings. The van der Waals surface area contributed by atoms with Crippen LogP contribution in [0, 0.1) is 5.92 Å². The highest BCUT2D eigenvalue weighted by Crippen LogP contribution is 2.40. The van der Waals surface area contributed by atoms with Crippen molar-refractivity contribution in [2.75, 3.05) is 0 Å². The fraction of sp³-hybridized carbons (Fsp3) is 0.207. The Balaban J connectivity index is 1.96. The molecule has 3 heteroatoms. The first-order valence-corrected chi connectivity index (χ1v) is 11.2. The van der Waals surface area contributed by atoms with Crippen LogP contribution in [0.3, 0.4) is 0 Å². The molecule has 162 valence electrons. The number of rotatable bonds is 9. The summed E-state index contributed by atoms with van der Waals surface area (Å²) in [6.45, 7) is 8.27. The van der Waals surface area contributed by atoms with E-state index < -0.39 is 5.54 Å². The molecule has 0 aliphatic rings. The largest absolute Gasteiger partial charge is 0.440 e. The van der Waals surface area contributed by atoms with E-state index in [-0.39, 0.29) is 6.04 Å². The predicted molar refractivity (Wildman–Crippen MR) is 131 cm³/mol. The highest BCUT2D eigenvalue weighted by Gasteiger charge is 2.40. The zero-order valence-corrected chi connectivity index (χ0v) is 18.7. The Labute approximate surface area is 190 Å². The molecular formula is C29H30N2O. The van der Waals surface area contributed by atoms with Crippen LogP contribution >= 0.6 is 0 Å². The van der Waals surface area contributed by atoms with Gasteiger partial charge in [0.25, 0.3) is 0 Å². The average Bonchev–Trinajstić information content (AvgIpc) is 3.35. The topological polar surface area (TPSA) is 38.1 Å². The molecule has 0 unspecified atom stereocenters. The summed E-state index contributed by atoms with van der Waals surface area (Å²) in [4.78, 5) is 4.62. The zero-order chi connectivity index (χ0) is 22.4. The molecule has 0 aliphatic carbocycles. The second-order valence-corrected chi connectivity index (χ2v) is 8.16. The van der Waals surface area contributed by atoms with Crippen molar-refractivity contribution in [2.24, 2.45) is 5.92 Å². The van der Waals surface area contributed by atoms with E-state index >= 15 is 0 Å². The lowest BCUT2D eigenvalue weighted by atomic mass is 9.75. The maximum Gasteiger partial charge on any atom is 0.212 e. The summed E-state index contributed by atoms with van der Waals surface area (Å²) in [5.74, 6) is 1.66. The number of oxazole rings is 1. The molecule has 0 saturated carbocycles. The normalized spacial score (nSPS) is 13.4. The SMILES string of the molecule is C=Cc1cnc([C@H](NC(c2ccccc2)(c2ccccc2)c2ccccc2)[C@H](C)CC)o1. The van der Waals surface area contributed by atoms with E-state index in [0.29, 0.717) is 17.6 Å². The van der Waals surface area contributed by atoms with Gasteiger partial charge in [-0.1, -0.05) is 118 Å². The first-order chi connectivity index (χ1) is 15.7. The molecule has 3 nitrogen and oxygen atoms in total. The number of benzene rings is 3. The van der Waals surface area contributed by atoms with Crippen LogP contribution in [0.25, 0.3) is 6.08 Å². The zero-order valence-electron chi connectivity index (χ0n) is 18.7. The molecule has 1 heterocycles. The summed E-state index contributed by atoms with van der Waals surface area (Å²) in [6.07, 6.45) is 4.43. The van der Waals surface area contributed by atoms with E-state index in [1.54, 1.807) is 12.3 Å². The van der Waals surface area contributed by atoms with Gasteiger partial charge in [0.15, 0.2) is 0 Å². The number of nitrogens with one attached hydrogen (secondary N) is 1. The smallest absolute Gasteiger partial charge is 0.212 e. The molecule has 0 bridgehead atoms. The van der Waals surface area contributed by atoms with E-state index in [1.165, 1.54) is 16.7 Å². The summed E-state index contributed by atoms with van der Waals surface area (Å²) < 4.78 is 6.08. The number of hydrogen-bond donors (Lipinski definition) is 1. The van der Waals surface area contributed by atoms with Crippen LogP contribution in [0.5, 0.6) is 0 Å².